The second kappa shape index (κ2) is 10.8. The van der Waals surface area contributed by atoms with Crippen LogP contribution in [-0.2, 0) is 23.0 Å². The molecule has 3 aromatic carbocycles. The maximum atomic E-state index is 12.1. The zero-order valence-corrected chi connectivity index (χ0v) is 20.0. The lowest BCUT2D eigenvalue weighted by molar-refractivity contribution is 0.251. The van der Waals surface area contributed by atoms with Crippen LogP contribution < -0.4 is 15.4 Å². The Balaban J connectivity index is 0.00000241. The van der Waals surface area contributed by atoms with Gasteiger partial charge in [0.2, 0.25) is 0 Å². The van der Waals surface area contributed by atoms with Gasteiger partial charge in [0.05, 0.1) is 4.90 Å². The average Bonchev–Trinajstić information content (AvgIpc) is 2.87. The van der Waals surface area contributed by atoms with E-state index in [9.17, 15) is 13.2 Å². The van der Waals surface area contributed by atoms with Crippen LogP contribution in [0.25, 0.3) is 11.1 Å². The standard InChI is InChI=1S/C27H25N3O4S.2H2/c1-35(32,33)24-14-10-22(11-15-24)25-6-2-3-7-26(25)34-19-20-8-12-23(13-9-20)30-27(31)29-18-21-5-4-16-28-17-21;;/h2-17H,18-19H2,1H3,(H2,29,30,31);2*1H. The molecular formula is C27H29N3O4S. The Labute approximate surface area is 207 Å². The first kappa shape index (κ1) is 24.0. The summed E-state index contributed by atoms with van der Waals surface area (Å²) in [7, 11) is -3.25. The molecule has 35 heavy (non-hydrogen) atoms. The van der Waals surface area contributed by atoms with Gasteiger partial charge in [-0.05, 0) is 53.1 Å². The van der Waals surface area contributed by atoms with Crippen LogP contribution in [0.2, 0.25) is 0 Å². The summed E-state index contributed by atoms with van der Waals surface area (Å²) in [6.45, 7) is 0.730. The number of anilines is 1. The van der Waals surface area contributed by atoms with Crippen molar-refractivity contribution in [3.8, 4) is 16.9 Å². The van der Waals surface area contributed by atoms with E-state index < -0.39 is 9.84 Å². The fraction of sp³-hybridized carbons (Fsp3) is 0.111. The number of hydrogen-bond donors (Lipinski definition) is 2. The zero-order valence-electron chi connectivity index (χ0n) is 19.1. The van der Waals surface area contributed by atoms with Gasteiger partial charge in [-0.15, -0.1) is 0 Å². The van der Waals surface area contributed by atoms with E-state index in [1.54, 1.807) is 36.7 Å². The summed E-state index contributed by atoms with van der Waals surface area (Å²) < 4.78 is 29.5. The Kier molecular flexibility index (Phi) is 7.42. The van der Waals surface area contributed by atoms with E-state index in [0.717, 1.165) is 22.3 Å². The van der Waals surface area contributed by atoms with Crippen LogP contribution in [0.3, 0.4) is 0 Å². The van der Waals surface area contributed by atoms with Crippen LogP contribution in [0.5, 0.6) is 5.75 Å². The highest BCUT2D eigenvalue weighted by atomic mass is 32.2. The number of benzene rings is 3. The number of nitrogens with one attached hydrogen (secondary N) is 2. The third-order valence-electron chi connectivity index (χ3n) is 5.26. The summed E-state index contributed by atoms with van der Waals surface area (Å²) in [6, 6.07) is 25.2. The smallest absolute Gasteiger partial charge is 0.319 e. The molecule has 7 nitrogen and oxygen atoms in total. The molecule has 0 aliphatic carbocycles. The number of ether oxygens (including phenoxy) is 1. The largest absolute Gasteiger partial charge is 0.488 e. The predicted molar refractivity (Wildman–Crippen MR) is 140 cm³/mol. The number of sulfone groups is 1. The van der Waals surface area contributed by atoms with E-state index >= 15 is 0 Å². The van der Waals surface area contributed by atoms with Gasteiger partial charge in [-0.1, -0.05) is 48.5 Å². The number of rotatable bonds is 8. The fourth-order valence-corrected chi connectivity index (χ4v) is 4.05. The molecular weight excluding hydrogens is 462 g/mol. The molecule has 0 saturated heterocycles. The first-order chi connectivity index (χ1) is 16.9. The van der Waals surface area contributed by atoms with Crippen molar-refractivity contribution < 1.29 is 20.8 Å². The minimum Gasteiger partial charge on any atom is -0.488 e. The SMILES string of the molecule is CS(=O)(=O)c1ccc(-c2ccccc2OCc2ccc(NC(=O)NCc3cccnc3)cc2)cc1.[HH].[HH]. The number of aromatic nitrogens is 1. The minimum atomic E-state index is -3.25. The number of nitrogens with zero attached hydrogens (tertiary/aromatic N) is 1. The number of amides is 2. The van der Waals surface area contributed by atoms with Crippen molar-refractivity contribution in [2.75, 3.05) is 11.6 Å². The van der Waals surface area contributed by atoms with Gasteiger partial charge < -0.3 is 15.4 Å². The number of carbonyl (C=O) groups is 1. The monoisotopic (exact) mass is 491 g/mol. The first-order valence-corrected chi connectivity index (χ1v) is 12.8. The highest BCUT2D eigenvalue weighted by molar-refractivity contribution is 7.90. The van der Waals surface area contributed by atoms with Crippen LogP contribution in [0.15, 0.2) is 102 Å². The van der Waals surface area contributed by atoms with E-state index in [-0.39, 0.29) is 13.8 Å². The lowest BCUT2D eigenvalue weighted by Gasteiger charge is -2.13. The fourth-order valence-electron chi connectivity index (χ4n) is 3.42. The molecule has 0 saturated carbocycles. The van der Waals surface area contributed by atoms with Gasteiger partial charge in [0.1, 0.15) is 12.4 Å². The van der Waals surface area contributed by atoms with Gasteiger partial charge in [0, 0.05) is 39.3 Å². The summed E-state index contributed by atoms with van der Waals surface area (Å²) in [4.78, 5) is 16.4. The quantitative estimate of drug-likeness (QED) is 0.337. The van der Waals surface area contributed by atoms with Gasteiger partial charge in [-0.25, -0.2) is 13.2 Å². The maximum absolute atomic E-state index is 12.1. The maximum Gasteiger partial charge on any atom is 0.319 e. The Morgan fingerprint density at radius 2 is 1.66 bits per heavy atom. The highest BCUT2D eigenvalue weighted by Gasteiger charge is 2.10. The van der Waals surface area contributed by atoms with Crippen LogP contribution in [0.1, 0.15) is 14.0 Å². The normalized spacial score (nSPS) is 11.0. The molecule has 8 heteroatoms. The molecule has 1 heterocycles. The molecule has 0 radical (unpaired) electrons. The van der Waals surface area contributed by atoms with Gasteiger partial charge in [-0.3, -0.25) is 4.98 Å². The van der Waals surface area contributed by atoms with Crippen molar-refractivity contribution >= 4 is 21.6 Å². The molecule has 182 valence electrons. The van der Waals surface area contributed by atoms with Crippen molar-refractivity contribution in [3.63, 3.8) is 0 Å². The molecule has 0 unspecified atom stereocenters. The summed E-state index contributed by atoms with van der Waals surface area (Å²) in [5.74, 6) is 0.691. The van der Waals surface area contributed by atoms with Crippen LogP contribution in [0, 0.1) is 0 Å². The second-order valence-electron chi connectivity index (χ2n) is 7.95. The number of hydrogen-bond acceptors (Lipinski definition) is 5. The van der Waals surface area contributed by atoms with Gasteiger partial charge >= 0.3 is 6.03 Å². The molecule has 0 fully saturated rings. The van der Waals surface area contributed by atoms with Gasteiger partial charge in [0.25, 0.3) is 0 Å². The Bertz CT molecular complexity index is 1400. The van der Waals surface area contributed by atoms with Crippen molar-refractivity contribution in [1.29, 1.82) is 0 Å². The zero-order chi connectivity index (χ0) is 24.7. The molecule has 4 aromatic rings. The van der Waals surface area contributed by atoms with Crippen molar-refractivity contribution in [3.05, 3.63) is 108 Å². The molecule has 2 amide bonds. The lowest BCUT2D eigenvalue weighted by Crippen LogP contribution is -2.28. The molecule has 1 aromatic heterocycles. The van der Waals surface area contributed by atoms with Crippen LogP contribution in [-0.4, -0.2) is 25.7 Å². The predicted octanol–water partition coefficient (Wildman–Crippen LogP) is 5.54. The summed E-state index contributed by atoms with van der Waals surface area (Å²) in [6.07, 6.45) is 4.58. The third-order valence-corrected chi connectivity index (χ3v) is 6.39. The first-order valence-electron chi connectivity index (χ1n) is 10.9. The Morgan fingerprint density at radius 3 is 2.34 bits per heavy atom. The van der Waals surface area contributed by atoms with E-state index in [0.29, 0.717) is 24.6 Å². The lowest BCUT2D eigenvalue weighted by atomic mass is 10.0. The molecule has 0 spiro atoms. The summed E-state index contributed by atoms with van der Waals surface area (Å²) in [5.41, 5.74) is 4.26. The van der Waals surface area contributed by atoms with Gasteiger partial charge in [0.15, 0.2) is 9.84 Å². The van der Waals surface area contributed by atoms with E-state index in [2.05, 4.69) is 15.6 Å². The molecule has 4 rings (SSSR count). The van der Waals surface area contributed by atoms with Crippen molar-refractivity contribution in [1.82, 2.24) is 10.3 Å². The van der Waals surface area contributed by atoms with Crippen LogP contribution in [0.4, 0.5) is 10.5 Å². The number of para-hydroxylation sites is 1. The third kappa shape index (κ3) is 6.68. The minimum absolute atomic E-state index is 0. The molecule has 0 bridgehead atoms. The summed E-state index contributed by atoms with van der Waals surface area (Å²) in [5, 5.41) is 5.60. The molecule has 0 aliphatic heterocycles. The molecule has 0 aliphatic rings. The topological polar surface area (TPSA) is 97.4 Å². The van der Waals surface area contributed by atoms with Crippen molar-refractivity contribution in [2.24, 2.45) is 0 Å². The van der Waals surface area contributed by atoms with E-state index in [1.807, 2.05) is 60.7 Å². The van der Waals surface area contributed by atoms with E-state index in [4.69, 9.17) is 4.74 Å². The number of pyridine rings is 1. The second-order valence-corrected chi connectivity index (χ2v) is 9.96. The van der Waals surface area contributed by atoms with Crippen molar-refractivity contribution in [2.45, 2.75) is 18.0 Å². The molecule has 2 N–H and O–H groups in total. The summed E-state index contributed by atoms with van der Waals surface area (Å²) >= 11 is 0. The van der Waals surface area contributed by atoms with E-state index in [1.165, 1.54) is 6.26 Å². The Hall–Kier alpha value is -4.17. The number of carbonyl (C=O) groups excluding carboxylic acids is 1. The van der Waals surface area contributed by atoms with Gasteiger partial charge in [-0.2, -0.15) is 0 Å². The molecule has 0 atom stereocenters. The number of urea groups is 1. The Morgan fingerprint density at radius 1 is 0.914 bits per heavy atom. The average molecular weight is 492 g/mol. The highest BCUT2D eigenvalue weighted by Crippen LogP contribution is 2.31. The van der Waals surface area contributed by atoms with Crippen LogP contribution >= 0.6 is 0 Å².